The van der Waals surface area contributed by atoms with Gasteiger partial charge in [0.05, 0.1) is 16.4 Å². The maximum Gasteiger partial charge on any atom is 0.434 e. The van der Waals surface area contributed by atoms with Crippen molar-refractivity contribution in [1.29, 1.82) is 0 Å². The topological polar surface area (TPSA) is 95.5 Å². The van der Waals surface area contributed by atoms with Crippen LogP contribution >= 0.6 is 11.3 Å². The zero-order valence-corrected chi connectivity index (χ0v) is 17.3. The molecule has 0 aliphatic heterocycles. The van der Waals surface area contributed by atoms with Crippen LogP contribution in [0.5, 0.6) is 0 Å². The van der Waals surface area contributed by atoms with Crippen molar-refractivity contribution in [1.82, 2.24) is 20.3 Å². The number of thiazole rings is 1. The summed E-state index contributed by atoms with van der Waals surface area (Å²) in [5.74, 6) is 0.444. The van der Waals surface area contributed by atoms with Crippen LogP contribution in [-0.4, -0.2) is 45.5 Å². The van der Waals surface area contributed by atoms with Gasteiger partial charge in [-0.25, -0.2) is 18.1 Å². The number of guanidine groups is 1. The number of rotatable bonds is 9. The predicted octanol–water partition coefficient (Wildman–Crippen LogP) is 2.24. The number of sulfonamides is 1. The molecule has 1 aromatic heterocycles. The molecular formula is C17H22F3N5O2S2. The van der Waals surface area contributed by atoms with E-state index in [9.17, 15) is 21.6 Å². The summed E-state index contributed by atoms with van der Waals surface area (Å²) in [4.78, 5) is 8.01. The Labute approximate surface area is 171 Å². The second-order valence-electron chi connectivity index (χ2n) is 5.77. The molecule has 0 aliphatic carbocycles. The molecule has 3 N–H and O–H groups in total. The van der Waals surface area contributed by atoms with Crippen LogP contribution in [0.1, 0.15) is 17.6 Å². The number of nitrogens with zero attached hydrogens (tertiary/aromatic N) is 2. The number of aromatic nitrogens is 1. The largest absolute Gasteiger partial charge is 0.434 e. The smallest absolute Gasteiger partial charge is 0.357 e. The Hall–Kier alpha value is -2.18. The molecule has 7 nitrogen and oxygen atoms in total. The lowest BCUT2D eigenvalue weighted by atomic mass is 10.4. The number of benzene rings is 1. The molecule has 1 aromatic carbocycles. The number of hydrogen-bond acceptors (Lipinski definition) is 5. The molecule has 0 bridgehead atoms. The van der Waals surface area contributed by atoms with E-state index in [1.54, 1.807) is 18.2 Å². The quantitative estimate of drug-likeness (QED) is 0.310. The van der Waals surface area contributed by atoms with Gasteiger partial charge < -0.3 is 10.6 Å². The molecule has 0 fully saturated rings. The van der Waals surface area contributed by atoms with Crippen molar-refractivity contribution in [3.05, 3.63) is 46.4 Å². The predicted molar refractivity (Wildman–Crippen MR) is 106 cm³/mol. The maximum absolute atomic E-state index is 12.6. The van der Waals surface area contributed by atoms with Gasteiger partial charge in [0.25, 0.3) is 0 Å². The highest BCUT2D eigenvalue weighted by Gasteiger charge is 2.33. The molecule has 12 heteroatoms. The van der Waals surface area contributed by atoms with Crippen LogP contribution in [0.3, 0.4) is 0 Å². The van der Waals surface area contributed by atoms with Crippen LogP contribution in [0.25, 0.3) is 0 Å². The molecule has 1 heterocycles. The van der Waals surface area contributed by atoms with Crippen LogP contribution in [0, 0.1) is 0 Å². The summed E-state index contributed by atoms with van der Waals surface area (Å²) in [5.41, 5.74) is -0.885. The molecule has 2 rings (SSSR count). The van der Waals surface area contributed by atoms with E-state index < -0.39 is 21.9 Å². The minimum absolute atomic E-state index is 0.106. The Morgan fingerprint density at radius 1 is 1.17 bits per heavy atom. The van der Waals surface area contributed by atoms with E-state index in [2.05, 4.69) is 25.3 Å². The van der Waals surface area contributed by atoms with E-state index in [4.69, 9.17) is 0 Å². The lowest BCUT2D eigenvalue weighted by Crippen LogP contribution is -2.39. The lowest BCUT2D eigenvalue weighted by Gasteiger charge is -2.11. The van der Waals surface area contributed by atoms with Crippen LogP contribution in [0.2, 0.25) is 0 Å². The summed E-state index contributed by atoms with van der Waals surface area (Å²) in [6.07, 6.45) is -4.13. The van der Waals surface area contributed by atoms with Crippen LogP contribution in [0.4, 0.5) is 13.2 Å². The first-order chi connectivity index (χ1) is 13.7. The lowest BCUT2D eigenvalue weighted by molar-refractivity contribution is -0.140. The zero-order chi connectivity index (χ0) is 21.3. The number of hydrogen-bond donors (Lipinski definition) is 3. The standard InChI is InChI=1S/C17H22F3N5O2S2/c1-2-21-16(22-9-8-15-25-14(12-28-15)17(18,19)20)23-10-11-24-29(26,27)13-6-4-3-5-7-13/h3-7,12,24H,2,8-11H2,1H3,(H2,21,22,23). The molecule has 0 spiro atoms. The Morgan fingerprint density at radius 2 is 1.90 bits per heavy atom. The fourth-order valence-corrected chi connectivity index (χ4v) is 4.06. The van der Waals surface area contributed by atoms with Gasteiger partial charge in [0.1, 0.15) is 0 Å². The van der Waals surface area contributed by atoms with Gasteiger partial charge in [0.2, 0.25) is 10.0 Å². The summed E-state index contributed by atoms with van der Waals surface area (Å²) >= 11 is 0.955. The average molecular weight is 450 g/mol. The van der Waals surface area contributed by atoms with Crippen LogP contribution in [0.15, 0.2) is 45.6 Å². The van der Waals surface area contributed by atoms with Crippen molar-refractivity contribution in [2.45, 2.75) is 24.4 Å². The fraction of sp³-hybridized carbons (Fsp3) is 0.412. The monoisotopic (exact) mass is 449 g/mol. The SMILES string of the molecule is CCNC(=NCCNS(=O)(=O)c1ccccc1)NCCc1nc(C(F)(F)F)cs1. The van der Waals surface area contributed by atoms with Crippen molar-refractivity contribution >= 4 is 27.3 Å². The molecule has 0 amide bonds. The number of halogens is 3. The van der Waals surface area contributed by atoms with Crippen molar-refractivity contribution in [3.8, 4) is 0 Å². The van der Waals surface area contributed by atoms with Gasteiger partial charge in [-0.05, 0) is 19.1 Å². The Kier molecular flexibility index (Phi) is 8.41. The minimum atomic E-state index is -4.44. The van der Waals surface area contributed by atoms with Crippen molar-refractivity contribution in [2.24, 2.45) is 4.99 Å². The third-order valence-electron chi connectivity index (χ3n) is 3.55. The summed E-state index contributed by atoms with van der Waals surface area (Å²) in [6.45, 7) is 3.08. The summed E-state index contributed by atoms with van der Waals surface area (Å²) < 4.78 is 64.4. The molecule has 0 radical (unpaired) electrons. The number of alkyl halides is 3. The van der Waals surface area contributed by atoms with E-state index in [-0.39, 0.29) is 18.0 Å². The fourth-order valence-electron chi connectivity index (χ4n) is 2.22. The first kappa shape index (κ1) is 23.1. The van der Waals surface area contributed by atoms with E-state index in [1.807, 2.05) is 6.92 Å². The van der Waals surface area contributed by atoms with Crippen molar-refractivity contribution < 1.29 is 21.6 Å². The second kappa shape index (κ2) is 10.6. The normalized spacial score (nSPS) is 12.8. The molecule has 0 atom stereocenters. The third-order valence-corrected chi connectivity index (χ3v) is 5.93. The van der Waals surface area contributed by atoms with Crippen LogP contribution in [-0.2, 0) is 22.6 Å². The van der Waals surface area contributed by atoms with Gasteiger partial charge in [0.15, 0.2) is 11.7 Å². The number of nitrogens with one attached hydrogen (secondary N) is 3. The zero-order valence-electron chi connectivity index (χ0n) is 15.7. The van der Waals surface area contributed by atoms with Gasteiger partial charge in [-0.3, -0.25) is 4.99 Å². The summed E-state index contributed by atoms with van der Waals surface area (Å²) in [7, 11) is -3.59. The highest BCUT2D eigenvalue weighted by Crippen LogP contribution is 2.29. The number of aliphatic imine (C=N–C) groups is 1. The molecule has 29 heavy (non-hydrogen) atoms. The molecule has 160 valence electrons. The van der Waals surface area contributed by atoms with Gasteiger partial charge in [0, 0.05) is 31.4 Å². The van der Waals surface area contributed by atoms with Crippen LogP contribution < -0.4 is 15.4 Å². The molecule has 0 saturated carbocycles. The van der Waals surface area contributed by atoms with E-state index in [1.165, 1.54) is 12.1 Å². The Bertz CT molecular complexity index is 899. The highest BCUT2D eigenvalue weighted by molar-refractivity contribution is 7.89. The molecular weight excluding hydrogens is 427 g/mol. The molecule has 0 unspecified atom stereocenters. The summed E-state index contributed by atoms with van der Waals surface area (Å²) in [5, 5.41) is 7.35. The van der Waals surface area contributed by atoms with E-state index in [0.717, 1.165) is 16.7 Å². The molecule has 2 aromatic rings. The minimum Gasteiger partial charge on any atom is -0.357 e. The van der Waals surface area contributed by atoms with Gasteiger partial charge >= 0.3 is 6.18 Å². The maximum atomic E-state index is 12.6. The molecule has 0 aliphatic rings. The Balaban J connectivity index is 1.81. The van der Waals surface area contributed by atoms with Gasteiger partial charge in [-0.1, -0.05) is 18.2 Å². The van der Waals surface area contributed by atoms with Gasteiger partial charge in [-0.2, -0.15) is 13.2 Å². The third kappa shape index (κ3) is 7.63. The van der Waals surface area contributed by atoms with E-state index in [0.29, 0.717) is 30.5 Å². The second-order valence-corrected chi connectivity index (χ2v) is 8.48. The van der Waals surface area contributed by atoms with Gasteiger partial charge in [-0.15, -0.1) is 11.3 Å². The summed E-state index contributed by atoms with van der Waals surface area (Å²) in [6, 6.07) is 8.01. The van der Waals surface area contributed by atoms with E-state index >= 15 is 0 Å². The van der Waals surface area contributed by atoms with Crippen molar-refractivity contribution in [3.63, 3.8) is 0 Å². The Morgan fingerprint density at radius 3 is 2.52 bits per heavy atom. The average Bonchev–Trinajstić information content (AvgIpc) is 3.15. The first-order valence-electron chi connectivity index (χ1n) is 8.81. The first-order valence-corrected chi connectivity index (χ1v) is 11.2. The van der Waals surface area contributed by atoms with Crippen molar-refractivity contribution in [2.75, 3.05) is 26.2 Å². The highest BCUT2D eigenvalue weighted by atomic mass is 32.2. The molecule has 0 saturated heterocycles.